The number of guanidine groups is 1. The van der Waals surface area contributed by atoms with Crippen molar-refractivity contribution in [1.29, 1.82) is 0 Å². The van der Waals surface area contributed by atoms with Gasteiger partial charge >= 0.3 is 0 Å². The van der Waals surface area contributed by atoms with E-state index in [1.807, 2.05) is 52.4 Å². The van der Waals surface area contributed by atoms with E-state index >= 15 is 0 Å². The van der Waals surface area contributed by atoms with Crippen LogP contribution in [0.15, 0.2) is 41.7 Å². The van der Waals surface area contributed by atoms with E-state index < -0.39 is 0 Å². The second kappa shape index (κ2) is 12.6. The number of rotatable bonds is 9. The molecular formula is C20H32FIN6O. The molecular weight excluding hydrogens is 486 g/mol. The molecule has 0 saturated carbocycles. The minimum absolute atomic E-state index is 0. The van der Waals surface area contributed by atoms with Gasteiger partial charge in [-0.25, -0.2) is 4.39 Å². The Morgan fingerprint density at radius 2 is 2.03 bits per heavy atom. The maximum atomic E-state index is 13.7. The predicted molar refractivity (Wildman–Crippen MR) is 126 cm³/mol. The van der Waals surface area contributed by atoms with Crippen molar-refractivity contribution in [3.8, 4) is 5.75 Å². The molecule has 0 aliphatic carbocycles. The predicted octanol–water partition coefficient (Wildman–Crippen LogP) is 2.76. The lowest BCUT2D eigenvalue weighted by atomic mass is 10.1. The highest BCUT2D eigenvalue weighted by Crippen LogP contribution is 2.18. The molecule has 2 rings (SSSR count). The van der Waals surface area contributed by atoms with E-state index in [4.69, 9.17) is 9.73 Å². The molecule has 7 nitrogen and oxygen atoms in total. The molecule has 2 aromatic rings. The molecule has 0 aliphatic heterocycles. The number of hydrogen-bond acceptors (Lipinski definition) is 4. The number of halogens is 2. The first-order chi connectivity index (χ1) is 13.4. The van der Waals surface area contributed by atoms with Gasteiger partial charge < -0.3 is 19.9 Å². The molecule has 1 aromatic heterocycles. The van der Waals surface area contributed by atoms with Gasteiger partial charge in [0.05, 0.1) is 25.3 Å². The minimum Gasteiger partial charge on any atom is -0.489 e. The normalized spacial score (nSPS) is 12.4. The first-order valence-corrected chi connectivity index (χ1v) is 9.44. The molecule has 1 aromatic carbocycles. The van der Waals surface area contributed by atoms with Crippen molar-refractivity contribution >= 4 is 29.9 Å². The second-order valence-electron chi connectivity index (χ2n) is 6.82. The van der Waals surface area contributed by atoms with Crippen molar-refractivity contribution in [2.24, 2.45) is 12.0 Å². The van der Waals surface area contributed by atoms with Crippen LogP contribution in [0.25, 0.3) is 0 Å². The van der Waals surface area contributed by atoms with Gasteiger partial charge in [-0.15, -0.1) is 24.0 Å². The van der Waals surface area contributed by atoms with Crippen LogP contribution in [-0.4, -0.2) is 72.9 Å². The summed E-state index contributed by atoms with van der Waals surface area (Å²) in [6, 6.07) is 6.56. The Kier molecular flexibility index (Phi) is 11.0. The molecule has 29 heavy (non-hydrogen) atoms. The van der Waals surface area contributed by atoms with E-state index in [-0.39, 0.29) is 41.6 Å². The standard InChI is InChI=1S/C20H31FN6O.HI/c1-6-22-20(23-14-18(25(2)3)16-13-24-27(5)15-16)26(4)11-12-28-19-10-8-7-9-17(19)21;/h7-10,13,15,18H,6,11-12,14H2,1-5H3,(H,22,23);1H. The number of hydrogen-bond donors (Lipinski definition) is 1. The van der Waals surface area contributed by atoms with Gasteiger partial charge in [-0.2, -0.15) is 5.10 Å². The Morgan fingerprint density at radius 1 is 1.31 bits per heavy atom. The quantitative estimate of drug-likeness (QED) is 0.315. The summed E-state index contributed by atoms with van der Waals surface area (Å²) in [4.78, 5) is 8.90. The molecule has 0 radical (unpaired) electrons. The van der Waals surface area contributed by atoms with Gasteiger partial charge in [0.1, 0.15) is 6.61 Å². The van der Waals surface area contributed by atoms with E-state index in [1.165, 1.54) is 6.07 Å². The molecule has 1 atom stereocenters. The summed E-state index contributed by atoms with van der Waals surface area (Å²) >= 11 is 0. The van der Waals surface area contributed by atoms with Gasteiger partial charge in [0, 0.05) is 32.4 Å². The largest absolute Gasteiger partial charge is 0.489 e. The SMILES string of the molecule is CCNC(=NCC(c1cnn(C)c1)N(C)C)N(C)CCOc1ccccc1F.I. The third kappa shape index (κ3) is 7.81. The number of aliphatic imine (C=N–C) groups is 1. The van der Waals surface area contributed by atoms with Crippen LogP contribution in [0, 0.1) is 5.82 Å². The summed E-state index contributed by atoms with van der Waals surface area (Å²) in [7, 11) is 7.92. The fourth-order valence-corrected chi connectivity index (χ4v) is 2.78. The maximum Gasteiger partial charge on any atom is 0.193 e. The first-order valence-electron chi connectivity index (χ1n) is 9.44. The van der Waals surface area contributed by atoms with Crippen molar-refractivity contribution in [2.45, 2.75) is 13.0 Å². The number of aryl methyl sites for hydroxylation is 1. The fraction of sp³-hybridized carbons (Fsp3) is 0.500. The Bertz CT molecular complexity index is 767. The van der Waals surface area contributed by atoms with Gasteiger partial charge in [-0.05, 0) is 33.2 Å². The molecule has 0 fully saturated rings. The van der Waals surface area contributed by atoms with Gasteiger partial charge in [-0.3, -0.25) is 9.67 Å². The summed E-state index contributed by atoms with van der Waals surface area (Å²) in [6.07, 6.45) is 3.89. The van der Waals surface area contributed by atoms with Crippen molar-refractivity contribution in [3.63, 3.8) is 0 Å². The fourth-order valence-electron chi connectivity index (χ4n) is 2.78. The molecule has 0 spiro atoms. The van der Waals surface area contributed by atoms with Crippen LogP contribution in [0.4, 0.5) is 4.39 Å². The summed E-state index contributed by atoms with van der Waals surface area (Å²) in [5.74, 6) is 0.702. The van der Waals surface area contributed by atoms with Gasteiger partial charge in [0.15, 0.2) is 17.5 Å². The molecule has 0 amide bonds. The van der Waals surface area contributed by atoms with Crippen LogP contribution in [0.3, 0.4) is 0 Å². The monoisotopic (exact) mass is 518 g/mol. The lowest BCUT2D eigenvalue weighted by Crippen LogP contribution is -2.41. The number of benzene rings is 1. The lowest BCUT2D eigenvalue weighted by Gasteiger charge is -2.25. The molecule has 1 unspecified atom stereocenters. The zero-order valence-corrected chi connectivity index (χ0v) is 20.1. The van der Waals surface area contributed by atoms with Crippen molar-refractivity contribution in [3.05, 3.63) is 48.0 Å². The van der Waals surface area contributed by atoms with Crippen LogP contribution in [0.5, 0.6) is 5.75 Å². The van der Waals surface area contributed by atoms with Crippen LogP contribution in [0.2, 0.25) is 0 Å². The summed E-state index contributed by atoms with van der Waals surface area (Å²) in [6.45, 7) is 4.33. The Morgan fingerprint density at radius 3 is 2.62 bits per heavy atom. The molecule has 0 aliphatic rings. The lowest BCUT2D eigenvalue weighted by molar-refractivity contribution is 0.269. The highest BCUT2D eigenvalue weighted by molar-refractivity contribution is 14.0. The number of nitrogens with one attached hydrogen (secondary N) is 1. The van der Waals surface area contributed by atoms with Crippen LogP contribution >= 0.6 is 24.0 Å². The number of likely N-dealkylation sites (N-methyl/N-ethyl adjacent to an activating group) is 2. The molecule has 0 bridgehead atoms. The van der Waals surface area contributed by atoms with Crippen LogP contribution in [-0.2, 0) is 7.05 Å². The Hall–Kier alpha value is -1.88. The number of nitrogens with zero attached hydrogens (tertiary/aromatic N) is 5. The minimum atomic E-state index is -0.351. The van der Waals surface area contributed by atoms with Gasteiger partial charge in [0.25, 0.3) is 0 Å². The van der Waals surface area contributed by atoms with E-state index in [9.17, 15) is 4.39 Å². The smallest absolute Gasteiger partial charge is 0.193 e. The third-order valence-corrected chi connectivity index (χ3v) is 4.36. The van der Waals surface area contributed by atoms with Gasteiger partial charge in [-0.1, -0.05) is 12.1 Å². The zero-order chi connectivity index (χ0) is 20.5. The van der Waals surface area contributed by atoms with E-state index in [0.717, 1.165) is 18.1 Å². The molecule has 162 valence electrons. The highest BCUT2D eigenvalue weighted by Gasteiger charge is 2.16. The zero-order valence-electron chi connectivity index (χ0n) is 17.8. The number of ether oxygens (including phenoxy) is 1. The molecule has 1 N–H and O–H groups in total. The van der Waals surface area contributed by atoms with Crippen LogP contribution in [0.1, 0.15) is 18.5 Å². The summed E-state index contributed by atoms with van der Waals surface area (Å²) in [5.41, 5.74) is 1.12. The average molecular weight is 518 g/mol. The Balaban J connectivity index is 0.00000420. The van der Waals surface area contributed by atoms with Crippen LogP contribution < -0.4 is 10.1 Å². The molecule has 9 heteroatoms. The molecule has 0 saturated heterocycles. The van der Waals surface area contributed by atoms with Crippen molar-refractivity contribution in [1.82, 2.24) is 24.9 Å². The van der Waals surface area contributed by atoms with Gasteiger partial charge in [0.2, 0.25) is 0 Å². The highest BCUT2D eigenvalue weighted by atomic mass is 127. The first kappa shape index (κ1) is 25.2. The second-order valence-corrected chi connectivity index (χ2v) is 6.82. The van der Waals surface area contributed by atoms with Crippen molar-refractivity contribution < 1.29 is 9.13 Å². The maximum absolute atomic E-state index is 13.7. The topological polar surface area (TPSA) is 57.9 Å². The van der Waals surface area contributed by atoms with E-state index in [2.05, 4.69) is 15.3 Å². The Labute approximate surface area is 189 Å². The summed E-state index contributed by atoms with van der Waals surface area (Å²) < 4.78 is 21.0. The summed E-state index contributed by atoms with van der Waals surface area (Å²) in [5, 5.41) is 7.56. The van der Waals surface area contributed by atoms with Crippen molar-refractivity contribution in [2.75, 3.05) is 47.4 Å². The third-order valence-electron chi connectivity index (χ3n) is 4.36. The number of aromatic nitrogens is 2. The van der Waals surface area contributed by atoms with E-state index in [0.29, 0.717) is 19.7 Å². The molecule has 1 heterocycles. The number of para-hydroxylation sites is 1. The van der Waals surface area contributed by atoms with E-state index in [1.54, 1.807) is 22.9 Å². The average Bonchev–Trinajstić information content (AvgIpc) is 3.08.